The molecular weight excluding hydrogens is 412 g/mol. The van der Waals surface area contributed by atoms with Crippen LogP contribution in [0.1, 0.15) is 20.1 Å². The van der Waals surface area contributed by atoms with Crippen LogP contribution < -0.4 is 5.32 Å². The fourth-order valence-corrected chi connectivity index (χ4v) is 5.36. The molecule has 1 aromatic heterocycles. The molecule has 1 N–H and O–H groups in total. The molecule has 0 radical (unpaired) electrons. The van der Waals surface area contributed by atoms with Gasteiger partial charge in [0.1, 0.15) is 6.07 Å². The molecule has 1 aliphatic heterocycles. The van der Waals surface area contributed by atoms with Crippen LogP contribution in [0.2, 0.25) is 0 Å². The maximum absolute atomic E-state index is 12.8. The van der Waals surface area contributed by atoms with Gasteiger partial charge >= 0.3 is 0 Å². The lowest BCUT2D eigenvalue weighted by Crippen LogP contribution is -2.52. The number of hydrogen-bond donors (Lipinski definition) is 1. The number of piperazine rings is 1. The topological polar surface area (TPSA) is 111 Å². The molecule has 0 atom stereocenters. The predicted molar refractivity (Wildman–Crippen MR) is 108 cm³/mol. The van der Waals surface area contributed by atoms with Gasteiger partial charge < -0.3 is 10.2 Å². The van der Waals surface area contributed by atoms with E-state index < -0.39 is 10.0 Å². The minimum absolute atomic E-state index is 0.0271. The summed E-state index contributed by atoms with van der Waals surface area (Å²) in [5.41, 5.74) is 0.0949. The SMILES string of the molecule is Cc1ccc(C(=O)NCC(=O)N2CCN(S(=O)(=O)c3ccccc3C#N)CC2)s1. The standard InChI is InChI=1S/C19H20N4O4S2/c1-14-6-7-16(28-14)19(25)21-13-18(24)22-8-10-23(11-9-22)29(26,27)17-5-3-2-4-15(17)12-20/h2-7H,8-11,13H2,1H3,(H,21,25). The van der Waals surface area contributed by atoms with Crippen LogP contribution in [0.15, 0.2) is 41.3 Å². The highest BCUT2D eigenvalue weighted by atomic mass is 32.2. The lowest BCUT2D eigenvalue weighted by molar-refractivity contribution is -0.131. The number of amides is 2. The second-order valence-corrected chi connectivity index (χ2v) is 9.68. The van der Waals surface area contributed by atoms with Gasteiger partial charge in [-0.25, -0.2) is 8.42 Å². The zero-order chi connectivity index (χ0) is 21.0. The maximum Gasteiger partial charge on any atom is 0.261 e. The molecule has 0 aliphatic carbocycles. The first-order valence-electron chi connectivity index (χ1n) is 8.94. The zero-order valence-corrected chi connectivity index (χ0v) is 17.4. The largest absolute Gasteiger partial charge is 0.342 e. The second-order valence-electron chi connectivity index (χ2n) is 6.49. The van der Waals surface area contributed by atoms with Gasteiger partial charge in [-0.15, -0.1) is 11.3 Å². The summed E-state index contributed by atoms with van der Waals surface area (Å²) in [6.45, 7) is 2.47. The van der Waals surface area contributed by atoms with Gasteiger partial charge in [0, 0.05) is 31.1 Å². The number of aryl methyl sites for hydroxylation is 1. The lowest BCUT2D eigenvalue weighted by atomic mass is 10.2. The molecule has 152 valence electrons. The first-order chi connectivity index (χ1) is 13.8. The highest BCUT2D eigenvalue weighted by molar-refractivity contribution is 7.89. The van der Waals surface area contributed by atoms with Crippen LogP contribution in [0.25, 0.3) is 0 Å². The number of nitriles is 1. The van der Waals surface area contributed by atoms with Crippen molar-refractivity contribution in [1.82, 2.24) is 14.5 Å². The Balaban J connectivity index is 1.56. The van der Waals surface area contributed by atoms with Gasteiger partial charge in [-0.05, 0) is 31.2 Å². The Labute approximate surface area is 173 Å². The molecule has 1 fully saturated rings. The molecule has 0 bridgehead atoms. The number of hydrogen-bond acceptors (Lipinski definition) is 6. The van der Waals surface area contributed by atoms with Crippen molar-refractivity contribution < 1.29 is 18.0 Å². The highest BCUT2D eigenvalue weighted by Crippen LogP contribution is 2.21. The van der Waals surface area contributed by atoms with E-state index in [1.807, 2.05) is 19.1 Å². The van der Waals surface area contributed by atoms with Gasteiger partial charge in [0.2, 0.25) is 15.9 Å². The van der Waals surface area contributed by atoms with Gasteiger partial charge in [0.05, 0.1) is 21.9 Å². The smallest absolute Gasteiger partial charge is 0.261 e. The summed E-state index contributed by atoms with van der Waals surface area (Å²) in [6, 6.07) is 11.5. The monoisotopic (exact) mass is 432 g/mol. The summed E-state index contributed by atoms with van der Waals surface area (Å²) in [6.07, 6.45) is 0. The average Bonchev–Trinajstić information content (AvgIpc) is 3.18. The lowest BCUT2D eigenvalue weighted by Gasteiger charge is -2.34. The van der Waals surface area contributed by atoms with E-state index in [0.29, 0.717) is 4.88 Å². The predicted octanol–water partition coefficient (Wildman–Crippen LogP) is 1.19. The van der Waals surface area contributed by atoms with Crippen molar-refractivity contribution in [3.05, 3.63) is 51.7 Å². The van der Waals surface area contributed by atoms with E-state index in [1.165, 1.54) is 32.7 Å². The number of thiophene rings is 1. The number of rotatable bonds is 5. The van der Waals surface area contributed by atoms with Crippen LogP contribution in [0.3, 0.4) is 0 Å². The third-order valence-corrected chi connectivity index (χ3v) is 7.54. The fraction of sp³-hybridized carbons (Fsp3) is 0.316. The molecule has 0 unspecified atom stereocenters. The summed E-state index contributed by atoms with van der Waals surface area (Å²) in [5, 5.41) is 11.8. The Hall–Kier alpha value is -2.74. The Bertz CT molecular complexity index is 1060. The van der Waals surface area contributed by atoms with Gasteiger partial charge in [-0.2, -0.15) is 9.57 Å². The van der Waals surface area contributed by atoms with E-state index in [0.717, 1.165) is 4.88 Å². The van der Waals surface area contributed by atoms with E-state index in [-0.39, 0.29) is 55.0 Å². The van der Waals surface area contributed by atoms with Crippen LogP contribution in [0.4, 0.5) is 0 Å². The maximum atomic E-state index is 12.8. The molecule has 29 heavy (non-hydrogen) atoms. The Morgan fingerprint density at radius 3 is 2.45 bits per heavy atom. The number of carbonyl (C=O) groups is 2. The minimum Gasteiger partial charge on any atom is -0.342 e. The van der Waals surface area contributed by atoms with Crippen LogP contribution in [-0.4, -0.2) is 62.2 Å². The summed E-state index contributed by atoms with van der Waals surface area (Å²) >= 11 is 1.35. The van der Waals surface area contributed by atoms with Crippen molar-refractivity contribution in [1.29, 1.82) is 5.26 Å². The zero-order valence-electron chi connectivity index (χ0n) is 15.8. The van der Waals surface area contributed by atoms with E-state index in [2.05, 4.69) is 5.32 Å². The molecule has 8 nitrogen and oxygen atoms in total. The van der Waals surface area contributed by atoms with Crippen LogP contribution in [0, 0.1) is 18.3 Å². The molecule has 1 saturated heterocycles. The normalized spacial score (nSPS) is 15.0. The molecule has 1 aliphatic rings. The first kappa shape index (κ1) is 21.0. The minimum atomic E-state index is -3.81. The highest BCUT2D eigenvalue weighted by Gasteiger charge is 2.31. The summed E-state index contributed by atoms with van der Waals surface area (Å²) in [5.74, 6) is -0.563. The van der Waals surface area contributed by atoms with E-state index >= 15 is 0 Å². The molecule has 0 saturated carbocycles. The molecule has 10 heteroatoms. The van der Waals surface area contributed by atoms with Gasteiger partial charge in [-0.1, -0.05) is 12.1 Å². The Morgan fingerprint density at radius 1 is 1.14 bits per heavy atom. The van der Waals surface area contributed by atoms with Crippen molar-refractivity contribution in [2.75, 3.05) is 32.7 Å². The molecule has 2 heterocycles. The summed E-state index contributed by atoms with van der Waals surface area (Å²) < 4.78 is 26.9. The van der Waals surface area contributed by atoms with Gasteiger partial charge in [-0.3, -0.25) is 9.59 Å². The van der Waals surface area contributed by atoms with Crippen molar-refractivity contribution >= 4 is 33.2 Å². The van der Waals surface area contributed by atoms with Crippen molar-refractivity contribution in [2.45, 2.75) is 11.8 Å². The van der Waals surface area contributed by atoms with Crippen molar-refractivity contribution in [3.8, 4) is 6.07 Å². The second kappa shape index (κ2) is 8.73. The molecule has 1 aromatic carbocycles. The van der Waals surface area contributed by atoms with Crippen molar-refractivity contribution in [2.24, 2.45) is 0 Å². The molecule has 0 spiro atoms. The fourth-order valence-electron chi connectivity index (χ4n) is 3.01. The average molecular weight is 433 g/mol. The summed E-state index contributed by atoms with van der Waals surface area (Å²) in [7, 11) is -3.81. The van der Waals surface area contributed by atoms with Crippen LogP contribution >= 0.6 is 11.3 Å². The van der Waals surface area contributed by atoms with Crippen molar-refractivity contribution in [3.63, 3.8) is 0 Å². The Morgan fingerprint density at radius 2 is 1.83 bits per heavy atom. The quantitative estimate of drug-likeness (QED) is 0.763. The molecule has 2 amide bonds. The summed E-state index contributed by atoms with van der Waals surface area (Å²) in [4.78, 5) is 27.5. The number of benzene rings is 1. The molecule has 3 rings (SSSR count). The van der Waals surface area contributed by atoms with Gasteiger partial charge in [0.15, 0.2) is 0 Å². The number of carbonyl (C=O) groups excluding carboxylic acids is 2. The third-order valence-electron chi connectivity index (χ3n) is 4.58. The first-order valence-corrected chi connectivity index (χ1v) is 11.2. The Kier molecular flexibility index (Phi) is 6.32. The molecular formula is C19H20N4O4S2. The van der Waals surface area contributed by atoms with E-state index in [4.69, 9.17) is 5.26 Å². The number of sulfonamides is 1. The number of nitrogens with zero attached hydrogens (tertiary/aromatic N) is 3. The van der Waals surface area contributed by atoms with Crippen LogP contribution in [-0.2, 0) is 14.8 Å². The van der Waals surface area contributed by atoms with Crippen LogP contribution in [0.5, 0.6) is 0 Å². The van der Waals surface area contributed by atoms with E-state index in [9.17, 15) is 18.0 Å². The van der Waals surface area contributed by atoms with Gasteiger partial charge in [0.25, 0.3) is 5.91 Å². The number of nitrogens with one attached hydrogen (secondary N) is 1. The molecule has 2 aromatic rings. The van der Waals surface area contributed by atoms with E-state index in [1.54, 1.807) is 18.2 Å². The third kappa shape index (κ3) is 4.64.